The van der Waals surface area contributed by atoms with Crippen molar-refractivity contribution in [2.45, 2.75) is 45.4 Å². The lowest BCUT2D eigenvalue weighted by Crippen LogP contribution is -2.14. The number of hydrogen-bond donors (Lipinski definition) is 1. The van der Waals surface area contributed by atoms with Crippen LogP contribution >= 0.6 is 27.3 Å². The van der Waals surface area contributed by atoms with E-state index in [9.17, 15) is 9.59 Å². The summed E-state index contributed by atoms with van der Waals surface area (Å²) in [7, 11) is 0. The van der Waals surface area contributed by atoms with Gasteiger partial charge in [-0.2, -0.15) is 0 Å². The fourth-order valence-electron chi connectivity index (χ4n) is 3.76. The van der Waals surface area contributed by atoms with Crippen LogP contribution in [0.4, 0.5) is 0 Å². The minimum Gasteiger partial charge on any atom is -0.481 e. The number of fused-ring (bicyclic) bond motifs is 3. The van der Waals surface area contributed by atoms with Gasteiger partial charge in [0.1, 0.15) is 16.4 Å². The molecule has 0 bridgehead atoms. The predicted molar refractivity (Wildman–Crippen MR) is 121 cm³/mol. The quantitative estimate of drug-likeness (QED) is 0.508. The third-order valence-electron chi connectivity index (χ3n) is 5.18. The van der Waals surface area contributed by atoms with Crippen LogP contribution in [0.1, 0.15) is 43.0 Å². The molecule has 2 aromatic heterocycles. The number of aromatic amines is 1. The van der Waals surface area contributed by atoms with Crippen molar-refractivity contribution < 1.29 is 14.3 Å². The topological polar surface area (TPSA) is 81.3 Å². The van der Waals surface area contributed by atoms with Gasteiger partial charge in [0.2, 0.25) is 0 Å². The highest BCUT2D eigenvalue weighted by atomic mass is 79.9. The largest absolute Gasteiger partial charge is 0.481 e. The van der Waals surface area contributed by atoms with E-state index in [1.807, 2.05) is 12.1 Å². The maximum Gasteiger partial charge on any atom is 0.344 e. The molecular weight excluding hydrogens is 468 g/mol. The number of nitrogens with zero attached hydrogens (tertiary/aromatic N) is 1. The number of carbonyl (C=O) groups is 1. The van der Waals surface area contributed by atoms with E-state index in [0.717, 1.165) is 35.0 Å². The van der Waals surface area contributed by atoms with Crippen molar-refractivity contribution >= 4 is 43.5 Å². The van der Waals surface area contributed by atoms with Crippen molar-refractivity contribution in [1.82, 2.24) is 9.97 Å². The molecule has 30 heavy (non-hydrogen) atoms. The molecule has 3 aromatic rings. The predicted octanol–water partition coefficient (Wildman–Crippen LogP) is 5.02. The molecule has 0 aliphatic heterocycles. The number of carbonyl (C=O) groups excluding carboxylic acids is 1. The number of halogens is 1. The van der Waals surface area contributed by atoms with Gasteiger partial charge in [-0.1, -0.05) is 12.8 Å². The zero-order valence-corrected chi connectivity index (χ0v) is 19.2. The Balaban J connectivity index is 1.64. The van der Waals surface area contributed by atoms with Crippen molar-refractivity contribution in [2.75, 3.05) is 13.2 Å². The molecule has 8 heteroatoms. The summed E-state index contributed by atoms with van der Waals surface area (Å²) in [6.45, 7) is 1.91. The van der Waals surface area contributed by atoms with Crippen molar-refractivity contribution in [1.29, 1.82) is 0 Å². The van der Waals surface area contributed by atoms with Crippen LogP contribution < -0.4 is 10.3 Å². The van der Waals surface area contributed by atoms with E-state index in [-0.39, 0.29) is 12.2 Å². The number of hydrogen-bond acceptors (Lipinski definition) is 6. The Kier molecular flexibility index (Phi) is 6.53. The maximum absolute atomic E-state index is 12.9. The second-order valence-corrected chi connectivity index (χ2v) is 9.19. The van der Waals surface area contributed by atoms with Crippen LogP contribution in [0.15, 0.2) is 27.5 Å². The van der Waals surface area contributed by atoms with Gasteiger partial charge >= 0.3 is 5.97 Å². The number of ether oxygens (including phenoxy) is 2. The molecule has 1 N–H and O–H groups in total. The molecule has 158 valence electrons. The van der Waals surface area contributed by atoms with E-state index in [4.69, 9.17) is 14.5 Å². The van der Waals surface area contributed by atoms with Gasteiger partial charge in [-0.3, -0.25) is 4.79 Å². The fraction of sp³-hybridized carbons (Fsp3) is 0.409. The second kappa shape index (κ2) is 9.31. The van der Waals surface area contributed by atoms with Gasteiger partial charge in [0.25, 0.3) is 5.56 Å². The van der Waals surface area contributed by atoms with Crippen LogP contribution in [-0.4, -0.2) is 29.2 Å². The van der Waals surface area contributed by atoms with Crippen molar-refractivity contribution in [3.63, 3.8) is 0 Å². The lowest BCUT2D eigenvalue weighted by molar-refractivity contribution is -0.145. The molecule has 6 nitrogen and oxygen atoms in total. The summed E-state index contributed by atoms with van der Waals surface area (Å²) in [5, 5.41) is 0.758. The Morgan fingerprint density at radius 1 is 1.23 bits per heavy atom. The minimum absolute atomic E-state index is 0.0770. The molecule has 0 spiro atoms. The first-order valence-electron chi connectivity index (χ1n) is 10.2. The van der Waals surface area contributed by atoms with Gasteiger partial charge < -0.3 is 14.5 Å². The number of nitrogens with one attached hydrogen (secondary N) is 1. The lowest BCUT2D eigenvalue weighted by Gasteiger charge is -2.10. The molecule has 2 heterocycles. The average Bonchev–Trinajstić information content (AvgIpc) is 3.04. The molecular formula is C22H23BrN2O4S. The zero-order valence-electron chi connectivity index (χ0n) is 16.8. The molecule has 0 atom stereocenters. The third kappa shape index (κ3) is 4.44. The number of aromatic nitrogens is 2. The Labute approximate surface area is 186 Å². The molecule has 0 unspecified atom stereocenters. The number of rotatable bonds is 5. The van der Waals surface area contributed by atoms with Crippen LogP contribution in [0.3, 0.4) is 0 Å². The summed E-state index contributed by atoms with van der Waals surface area (Å²) in [6, 6.07) is 5.39. The fourth-order valence-corrected chi connectivity index (χ4v) is 5.51. The van der Waals surface area contributed by atoms with Gasteiger partial charge in [-0.25, -0.2) is 9.78 Å². The molecule has 0 saturated heterocycles. The van der Waals surface area contributed by atoms with Gasteiger partial charge in [0.15, 0.2) is 6.61 Å². The van der Waals surface area contributed by atoms with Gasteiger partial charge in [-0.15, -0.1) is 11.3 Å². The van der Waals surface area contributed by atoms with Crippen molar-refractivity contribution in [3.8, 4) is 17.1 Å². The second-order valence-electron chi connectivity index (χ2n) is 7.25. The molecule has 1 aliphatic carbocycles. The summed E-state index contributed by atoms with van der Waals surface area (Å²) in [5.41, 5.74) is 1.89. The van der Waals surface area contributed by atoms with Crippen LogP contribution in [0.2, 0.25) is 0 Å². The highest BCUT2D eigenvalue weighted by molar-refractivity contribution is 9.10. The standard InChI is InChI=1S/C22H23BrN2O4S/c1-2-28-18(26)12-29-16-10-9-13(11-15(16)23)20-24-21(27)19-14-7-5-3-4-6-8-17(14)30-22(19)25-20/h9-11H,2-8,12H2,1H3,(H,24,25,27). The number of thiophene rings is 1. The molecule has 0 radical (unpaired) electrons. The summed E-state index contributed by atoms with van der Waals surface area (Å²) in [6.07, 6.45) is 6.76. The molecule has 0 saturated carbocycles. The molecule has 1 aliphatic rings. The van der Waals surface area contributed by atoms with Gasteiger partial charge in [-0.05, 0) is 72.3 Å². The molecule has 4 rings (SSSR count). The first kappa shape index (κ1) is 21.1. The van der Waals surface area contributed by atoms with E-state index < -0.39 is 5.97 Å². The monoisotopic (exact) mass is 490 g/mol. The molecule has 0 amide bonds. The highest BCUT2D eigenvalue weighted by Gasteiger charge is 2.19. The Bertz CT molecular complexity index is 1140. The van der Waals surface area contributed by atoms with E-state index in [2.05, 4.69) is 20.9 Å². The van der Waals surface area contributed by atoms with Crippen molar-refractivity contribution in [2.24, 2.45) is 0 Å². The number of H-pyrrole nitrogens is 1. The first-order chi connectivity index (χ1) is 14.6. The van der Waals surface area contributed by atoms with Crippen LogP contribution in [0, 0.1) is 0 Å². The SMILES string of the molecule is CCOC(=O)COc1ccc(-c2nc3sc4c(c3c(=O)[nH]2)CCCCCC4)cc1Br. The first-order valence-corrected chi connectivity index (χ1v) is 11.8. The van der Waals surface area contributed by atoms with E-state index in [0.29, 0.717) is 22.7 Å². The van der Waals surface area contributed by atoms with Crippen LogP contribution in [-0.2, 0) is 22.4 Å². The molecule has 0 fully saturated rings. The van der Waals surface area contributed by atoms with Gasteiger partial charge in [0, 0.05) is 10.4 Å². The molecule has 1 aromatic carbocycles. The van der Waals surface area contributed by atoms with Crippen LogP contribution in [0.5, 0.6) is 5.75 Å². The summed E-state index contributed by atoms with van der Waals surface area (Å²) in [4.78, 5) is 34.3. The van der Waals surface area contributed by atoms with E-state index in [1.165, 1.54) is 29.7 Å². The normalized spacial score (nSPS) is 14.1. The number of aryl methyl sites for hydroxylation is 2. The lowest BCUT2D eigenvalue weighted by atomic mass is 9.98. The van der Waals surface area contributed by atoms with E-state index in [1.54, 1.807) is 24.3 Å². The Hall–Kier alpha value is -2.19. The Morgan fingerprint density at radius 2 is 2.03 bits per heavy atom. The number of esters is 1. The Morgan fingerprint density at radius 3 is 2.80 bits per heavy atom. The summed E-state index contributed by atoms with van der Waals surface area (Å²) >= 11 is 5.12. The average molecular weight is 491 g/mol. The zero-order chi connectivity index (χ0) is 21.1. The van der Waals surface area contributed by atoms with Gasteiger partial charge in [0.05, 0.1) is 16.5 Å². The van der Waals surface area contributed by atoms with E-state index >= 15 is 0 Å². The maximum atomic E-state index is 12.9. The van der Waals surface area contributed by atoms with Crippen molar-refractivity contribution in [3.05, 3.63) is 43.5 Å². The number of benzene rings is 1. The smallest absolute Gasteiger partial charge is 0.344 e. The third-order valence-corrected chi connectivity index (χ3v) is 6.99. The summed E-state index contributed by atoms with van der Waals surface area (Å²) in [5.74, 6) is 0.631. The summed E-state index contributed by atoms with van der Waals surface area (Å²) < 4.78 is 11.0. The van der Waals surface area contributed by atoms with Crippen LogP contribution in [0.25, 0.3) is 21.6 Å². The minimum atomic E-state index is -0.418. The highest BCUT2D eigenvalue weighted by Crippen LogP contribution is 2.34.